The SMILES string of the molecule is [2H]C([2H])([2H])C1([2H])CCCc2ccccc2C1=O. The van der Waals surface area contributed by atoms with Gasteiger partial charge in [-0.1, -0.05) is 31.1 Å². The van der Waals surface area contributed by atoms with Gasteiger partial charge in [0.05, 0.1) is 0 Å². The van der Waals surface area contributed by atoms with Crippen LogP contribution in [0.1, 0.15) is 41.1 Å². The van der Waals surface area contributed by atoms with Gasteiger partial charge in [0, 0.05) is 16.9 Å². The minimum Gasteiger partial charge on any atom is -0.294 e. The summed E-state index contributed by atoms with van der Waals surface area (Å²) in [6.07, 6.45) is 1.32. The van der Waals surface area contributed by atoms with Crippen LogP contribution >= 0.6 is 0 Å². The largest absolute Gasteiger partial charge is 0.294 e. The lowest BCUT2D eigenvalue weighted by molar-refractivity contribution is 0.0927. The van der Waals surface area contributed by atoms with Crippen LogP contribution in [0.3, 0.4) is 0 Å². The molecule has 0 N–H and O–H groups in total. The van der Waals surface area contributed by atoms with Crippen LogP contribution in [0.4, 0.5) is 0 Å². The van der Waals surface area contributed by atoms with E-state index in [0.29, 0.717) is 18.4 Å². The summed E-state index contributed by atoms with van der Waals surface area (Å²) in [5, 5.41) is 0. The van der Waals surface area contributed by atoms with Crippen molar-refractivity contribution in [3.63, 3.8) is 0 Å². The Hall–Kier alpha value is -1.11. The Bertz CT molecular complexity index is 452. The van der Waals surface area contributed by atoms with E-state index in [1.54, 1.807) is 12.1 Å². The lowest BCUT2D eigenvalue weighted by Crippen LogP contribution is -2.09. The van der Waals surface area contributed by atoms with Gasteiger partial charge in [-0.15, -0.1) is 0 Å². The molecule has 2 rings (SSSR count). The van der Waals surface area contributed by atoms with Crippen molar-refractivity contribution in [3.8, 4) is 0 Å². The molecule has 0 saturated carbocycles. The molecule has 1 aliphatic rings. The molecule has 0 bridgehead atoms. The third kappa shape index (κ3) is 1.51. The van der Waals surface area contributed by atoms with E-state index in [9.17, 15) is 4.79 Å². The summed E-state index contributed by atoms with van der Waals surface area (Å²) in [7, 11) is 0. The summed E-state index contributed by atoms with van der Waals surface area (Å²) < 4.78 is 30.3. The maximum Gasteiger partial charge on any atom is 0.165 e. The van der Waals surface area contributed by atoms with Crippen LogP contribution in [0.2, 0.25) is 0 Å². The highest BCUT2D eigenvalue weighted by Gasteiger charge is 2.20. The zero-order chi connectivity index (χ0) is 12.7. The summed E-state index contributed by atoms with van der Waals surface area (Å²) in [5.41, 5.74) is 1.26. The first-order valence-corrected chi connectivity index (χ1v) is 4.49. The van der Waals surface area contributed by atoms with E-state index in [-0.39, 0.29) is 6.42 Å². The molecular formula is C12H14O. The summed E-state index contributed by atoms with van der Waals surface area (Å²) in [6.45, 7) is -2.57. The molecule has 1 heteroatoms. The summed E-state index contributed by atoms with van der Waals surface area (Å²) in [5.74, 6) is -2.55. The number of hydrogen-bond donors (Lipinski definition) is 0. The Labute approximate surface area is 84.4 Å². The van der Waals surface area contributed by atoms with Crippen LogP contribution < -0.4 is 0 Å². The molecule has 0 heterocycles. The van der Waals surface area contributed by atoms with Crippen molar-refractivity contribution in [2.75, 3.05) is 0 Å². The first-order chi connectivity index (χ1) is 7.86. The van der Waals surface area contributed by atoms with Crippen molar-refractivity contribution in [2.45, 2.75) is 26.1 Å². The van der Waals surface area contributed by atoms with E-state index in [1.165, 1.54) is 0 Å². The van der Waals surface area contributed by atoms with Crippen LogP contribution in [0.15, 0.2) is 24.3 Å². The minimum absolute atomic E-state index is 0.0943. The average molecular weight is 178 g/mol. The van der Waals surface area contributed by atoms with Crippen molar-refractivity contribution < 1.29 is 10.3 Å². The van der Waals surface area contributed by atoms with Gasteiger partial charge in [-0.25, -0.2) is 0 Å². The Balaban J connectivity index is 2.53. The number of aryl methyl sites for hydroxylation is 1. The Morgan fingerprint density at radius 1 is 1.54 bits per heavy atom. The highest BCUT2D eigenvalue weighted by Crippen LogP contribution is 2.23. The van der Waals surface area contributed by atoms with E-state index in [2.05, 4.69) is 0 Å². The minimum atomic E-state index is -2.57. The predicted octanol–water partition coefficient (Wildman–Crippen LogP) is 2.84. The molecule has 1 atom stereocenters. The molecule has 0 aliphatic heterocycles. The van der Waals surface area contributed by atoms with Gasteiger partial charge in [-0.2, -0.15) is 0 Å². The number of carbonyl (C=O) groups is 1. The molecule has 13 heavy (non-hydrogen) atoms. The van der Waals surface area contributed by atoms with Gasteiger partial charge in [0.2, 0.25) is 0 Å². The van der Waals surface area contributed by atoms with Gasteiger partial charge in [-0.05, 0) is 24.8 Å². The summed E-state index contributed by atoms with van der Waals surface area (Å²) in [4.78, 5) is 12.3. The van der Waals surface area contributed by atoms with Crippen LogP contribution in [0, 0.1) is 5.89 Å². The topological polar surface area (TPSA) is 17.1 Å². The number of ketones is 1. The lowest BCUT2D eigenvalue weighted by Gasteiger charge is -2.06. The zero-order valence-corrected chi connectivity index (χ0v) is 7.34. The number of carbonyl (C=O) groups excluding carboxylic acids is 1. The number of benzene rings is 1. The second kappa shape index (κ2) is 3.33. The predicted molar refractivity (Wildman–Crippen MR) is 52.9 cm³/mol. The van der Waals surface area contributed by atoms with Gasteiger partial charge in [0.15, 0.2) is 5.78 Å². The fourth-order valence-corrected chi connectivity index (χ4v) is 1.69. The quantitative estimate of drug-likeness (QED) is 0.558. The third-order valence-corrected chi connectivity index (χ3v) is 2.41. The molecule has 1 nitrogen and oxygen atoms in total. The standard InChI is InChI=1S/C12H14O/c1-9-5-4-7-10-6-2-3-8-11(10)12(9)13/h2-3,6,8-9H,4-5,7H2,1H3/i1D3,9D. The van der Waals surface area contributed by atoms with Crippen molar-refractivity contribution in [1.29, 1.82) is 0 Å². The lowest BCUT2D eigenvalue weighted by atomic mass is 9.97. The van der Waals surface area contributed by atoms with Gasteiger partial charge in [-0.3, -0.25) is 4.79 Å². The molecule has 68 valence electrons. The Kier molecular flexibility index (Phi) is 1.27. The zero-order valence-electron chi connectivity index (χ0n) is 11.3. The smallest absolute Gasteiger partial charge is 0.165 e. The molecule has 0 saturated heterocycles. The molecule has 0 fully saturated rings. The highest BCUT2D eigenvalue weighted by molar-refractivity contribution is 5.99. The van der Waals surface area contributed by atoms with Crippen molar-refractivity contribution in [1.82, 2.24) is 0 Å². The Morgan fingerprint density at radius 2 is 2.38 bits per heavy atom. The molecule has 0 radical (unpaired) electrons. The molecule has 0 spiro atoms. The van der Waals surface area contributed by atoms with Crippen LogP contribution in [-0.4, -0.2) is 5.78 Å². The maximum absolute atomic E-state index is 12.3. The first-order valence-electron chi connectivity index (χ1n) is 6.49. The fourth-order valence-electron chi connectivity index (χ4n) is 1.69. The average Bonchev–Trinajstić information content (AvgIpc) is 2.38. The number of Topliss-reactive ketones (excluding diaryl/α,β-unsaturated/α-hetero) is 1. The molecule has 1 aliphatic carbocycles. The van der Waals surface area contributed by atoms with E-state index in [1.807, 2.05) is 12.1 Å². The number of fused-ring (bicyclic) bond motifs is 1. The first kappa shape index (κ1) is 4.94. The molecule has 1 aromatic carbocycles. The van der Waals surface area contributed by atoms with Crippen molar-refractivity contribution in [2.24, 2.45) is 5.89 Å². The highest BCUT2D eigenvalue weighted by atomic mass is 16.1. The van der Waals surface area contributed by atoms with E-state index < -0.39 is 18.5 Å². The monoisotopic (exact) mass is 178 g/mol. The molecule has 1 unspecified atom stereocenters. The van der Waals surface area contributed by atoms with Gasteiger partial charge in [0.1, 0.15) is 0 Å². The van der Waals surface area contributed by atoms with Crippen LogP contribution in [0.5, 0.6) is 0 Å². The fraction of sp³-hybridized carbons (Fsp3) is 0.417. The number of hydrogen-bond acceptors (Lipinski definition) is 1. The molecule has 0 amide bonds. The van der Waals surface area contributed by atoms with E-state index in [0.717, 1.165) is 5.56 Å². The second-order valence-corrected chi connectivity index (χ2v) is 3.32. The summed E-state index contributed by atoms with van der Waals surface area (Å²) >= 11 is 0. The second-order valence-electron chi connectivity index (χ2n) is 3.32. The van der Waals surface area contributed by atoms with E-state index in [4.69, 9.17) is 5.48 Å². The normalized spacial score (nSPS) is 33.4. The molecule has 1 aromatic rings. The van der Waals surface area contributed by atoms with Crippen molar-refractivity contribution >= 4 is 5.78 Å². The molecular weight excluding hydrogens is 160 g/mol. The summed E-state index contributed by atoms with van der Waals surface area (Å²) in [6, 6.07) is 7.00. The Morgan fingerprint density at radius 3 is 3.23 bits per heavy atom. The van der Waals surface area contributed by atoms with Gasteiger partial charge >= 0.3 is 0 Å². The third-order valence-electron chi connectivity index (χ3n) is 2.41. The van der Waals surface area contributed by atoms with Crippen molar-refractivity contribution in [3.05, 3.63) is 35.4 Å². The van der Waals surface area contributed by atoms with Gasteiger partial charge < -0.3 is 0 Å². The van der Waals surface area contributed by atoms with E-state index >= 15 is 0 Å². The van der Waals surface area contributed by atoms with Gasteiger partial charge in [0.25, 0.3) is 0 Å². The maximum atomic E-state index is 12.3. The van der Waals surface area contributed by atoms with Crippen LogP contribution in [0.25, 0.3) is 0 Å². The van der Waals surface area contributed by atoms with Crippen LogP contribution in [-0.2, 0) is 6.42 Å². The number of rotatable bonds is 0. The molecule has 0 aromatic heterocycles.